The first-order valence-corrected chi connectivity index (χ1v) is 19.4. The van der Waals surface area contributed by atoms with Crippen molar-refractivity contribution in [3.63, 3.8) is 0 Å². The molecule has 4 nitrogen and oxygen atoms in total. The van der Waals surface area contributed by atoms with Crippen LogP contribution in [0.15, 0.2) is 151 Å². The third-order valence-corrected chi connectivity index (χ3v) is 11.2. The lowest BCUT2D eigenvalue weighted by Gasteiger charge is -2.37. The molecule has 0 bridgehead atoms. The molecule has 0 amide bonds. The minimum atomic E-state index is 0.186. The van der Waals surface area contributed by atoms with Crippen LogP contribution in [0.3, 0.4) is 0 Å². The smallest absolute Gasteiger partial charge is 0.0991 e. The first-order chi connectivity index (χ1) is 27.6. The van der Waals surface area contributed by atoms with Crippen LogP contribution in [0.4, 0.5) is 22.7 Å². The SMILES string of the molecule is N#Cc1ccc(N(c2ccc(/C=C/c3ccc4c(c3)CCC(N(c3ccc(C#N)cc3)C3C=Cc5ccccc5C3)=C4)cc2)c2ccc3c(c2)C=CCC3)cc1. The van der Waals surface area contributed by atoms with Crippen molar-refractivity contribution in [2.45, 2.75) is 38.1 Å². The van der Waals surface area contributed by atoms with Gasteiger partial charge in [0.05, 0.1) is 29.3 Å². The van der Waals surface area contributed by atoms with Crippen molar-refractivity contribution in [1.82, 2.24) is 0 Å². The molecule has 1 atom stereocenters. The predicted molar refractivity (Wildman–Crippen MR) is 231 cm³/mol. The summed E-state index contributed by atoms with van der Waals surface area (Å²) in [4.78, 5) is 4.73. The fraction of sp³-hybridized carbons (Fsp3) is 0.115. The van der Waals surface area contributed by atoms with E-state index in [1.807, 2.05) is 36.4 Å². The van der Waals surface area contributed by atoms with Gasteiger partial charge in [0.15, 0.2) is 0 Å². The largest absolute Gasteiger partial charge is 0.338 e. The van der Waals surface area contributed by atoms with Crippen LogP contribution in [0.25, 0.3) is 30.4 Å². The molecule has 0 heterocycles. The van der Waals surface area contributed by atoms with E-state index in [0.29, 0.717) is 11.1 Å². The topological polar surface area (TPSA) is 54.1 Å². The molecule has 268 valence electrons. The van der Waals surface area contributed by atoms with Crippen molar-refractivity contribution in [3.05, 3.63) is 207 Å². The Bertz CT molecular complexity index is 2630. The number of hydrogen-bond acceptors (Lipinski definition) is 4. The molecule has 0 aliphatic heterocycles. The van der Waals surface area contributed by atoms with E-state index in [1.165, 1.54) is 44.6 Å². The lowest BCUT2D eigenvalue weighted by atomic mass is 9.89. The van der Waals surface area contributed by atoms with Gasteiger partial charge in [0.1, 0.15) is 0 Å². The number of nitrogens with zero attached hydrogens (tertiary/aromatic N) is 4. The summed E-state index contributed by atoms with van der Waals surface area (Å²) in [6, 6.07) is 51.4. The van der Waals surface area contributed by atoms with E-state index in [2.05, 4.69) is 162 Å². The van der Waals surface area contributed by atoms with Crippen molar-refractivity contribution < 1.29 is 0 Å². The Kier molecular flexibility index (Phi) is 9.46. The third kappa shape index (κ3) is 7.09. The van der Waals surface area contributed by atoms with Gasteiger partial charge in [-0.25, -0.2) is 0 Å². The Morgan fingerprint density at radius 3 is 1.98 bits per heavy atom. The summed E-state index contributed by atoms with van der Waals surface area (Å²) < 4.78 is 0. The molecule has 56 heavy (non-hydrogen) atoms. The van der Waals surface area contributed by atoms with Crippen LogP contribution < -0.4 is 9.80 Å². The van der Waals surface area contributed by atoms with Gasteiger partial charge in [0.25, 0.3) is 0 Å². The van der Waals surface area contributed by atoms with E-state index in [9.17, 15) is 10.5 Å². The number of rotatable bonds is 8. The number of fused-ring (bicyclic) bond motifs is 3. The summed E-state index contributed by atoms with van der Waals surface area (Å²) in [7, 11) is 0. The summed E-state index contributed by atoms with van der Waals surface area (Å²) in [6.45, 7) is 0. The minimum absolute atomic E-state index is 0.186. The molecule has 0 saturated carbocycles. The van der Waals surface area contributed by atoms with Crippen molar-refractivity contribution >= 4 is 53.1 Å². The van der Waals surface area contributed by atoms with Crippen LogP contribution in [-0.4, -0.2) is 6.04 Å². The predicted octanol–water partition coefficient (Wildman–Crippen LogP) is 12.5. The summed E-state index contributed by atoms with van der Waals surface area (Å²) in [5.41, 5.74) is 17.1. The average molecular weight is 721 g/mol. The van der Waals surface area contributed by atoms with Gasteiger partial charge in [-0.1, -0.05) is 97.1 Å². The number of anilines is 4. The first-order valence-electron chi connectivity index (χ1n) is 19.4. The molecule has 0 aromatic heterocycles. The standard InChI is InChI=1S/C52H40N4/c53-35-39-14-24-48(25-15-39)55(50-28-19-41-5-1-3-7-43(41)32-50)47-22-12-37(13-23-47)9-10-38-11-18-46-34-52(30-21-45(46)31-38)56(49-26-16-40(36-54)17-27-49)51-29-20-42-6-2-4-8-44(42)33-51/h2-4,6-20,22-29,31-32,34,51H,1,5,21,30,33H2/b10-9+. The maximum absolute atomic E-state index is 9.46. The molecular formula is C52H40N4. The second-order valence-corrected chi connectivity index (χ2v) is 14.7. The summed E-state index contributed by atoms with van der Waals surface area (Å²) in [6.07, 6.45) is 20.8. The molecule has 0 radical (unpaired) electrons. The van der Waals surface area contributed by atoms with Gasteiger partial charge in [0, 0.05) is 28.4 Å². The van der Waals surface area contributed by atoms with Gasteiger partial charge in [-0.05, 0) is 155 Å². The molecule has 6 aromatic rings. The van der Waals surface area contributed by atoms with E-state index >= 15 is 0 Å². The van der Waals surface area contributed by atoms with Gasteiger partial charge in [-0.2, -0.15) is 10.5 Å². The average Bonchev–Trinajstić information content (AvgIpc) is 3.26. The molecule has 0 fully saturated rings. The maximum atomic E-state index is 9.46. The van der Waals surface area contributed by atoms with Gasteiger partial charge in [-0.3, -0.25) is 0 Å². The van der Waals surface area contributed by atoms with Gasteiger partial charge in [-0.15, -0.1) is 0 Å². The second-order valence-electron chi connectivity index (χ2n) is 14.7. The number of aryl methyl sites for hydroxylation is 2. The summed E-state index contributed by atoms with van der Waals surface area (Å²) in [5, 5.41) is 18.9. The molecule has 3 aliphatic carbocycles. The Balaban J connectivity index is 0.962. The Hall–Kier alpha value is -7.14. The number of benzene rings is 6. The highest BCUT2D eigenvalue weighted by Crippen LogP contribution is 2.38. The van der Waals surface area contributed by atoms with Crippen LogP contribution in [0, 0.1) is 22.7 Å². The van der Waals surface area contributed by atoms with Crippen LogP contribution in [0.2, 0.25) is 0 Å². The Labute approximate surface area is 329 Å². The fourth-order valence-electron chi connectivity index (χ4n) is 8.24. The van der Waals surface area contributed by atoms with Crippen molar-refractivity contribution in [2.75, 3.05) is 9.80 Å². The number of hydrogen-bond donors (Lipinski definition) is 0. The van der Waals surface area contributed by atoms with E-state index in [1.54, 1.807) is 0 Å². The van der Waals surface area contributed by atoms with Crippen LogP contribution in [0.1, 0.15) is 68.5 Å². The summed E-state index contributed by atoms with van der Waals surface area (Å²) >= 11 is 0. The van der Waals surface area contributed by atoms with Crippen molar-refractivity contribution in [2.24, 2.45) is 0 Å². The van der Waals surface area contributed by atoms with Crippen LogP contribution >= 0.6 is 0 Å². The fourth-order valence-corrected chi connectivity index (χ4v) is 8.24. The summed E-state index contributed by atoms with van der Waals surface area (Å²) in [5.74, 6) is 0. The molecule has 3 aliphatic rings. The monoisotopic (exact) mass is 720 g/mol. The highest BCUT2D eigenvalue weighted by molar-refractivity contribution is 5.80. The Morgan fingerprint density at radius 1 is 0.536 bits per heavy atom. The molecule has 0 N–H and O–H groups in total. The third-order valence-electron chi connectivity index (χ3n) is 11.2. The first kappa shape index (κ1) is 34.6. The molecule has 6 aromatic carbocycles. The minimum Gasteiger partial charge on any atom is -0.338 e. The normalized spacial score (nSPS) is 15.2. The number of allylic oxidation sites excluding steroid dienone is 2. The van der Waals surface area contributed by atoms with E-state index in [0.717, 1.165) is 60.4 Å². The Morgan fingerprint density at radius 2 is 1.21 bits per heavy atom. The molecule has 4 heteroatoms. The molecule has 0 saturated heterocycles. The van der Waals surface area contributed by atoms with Gasteiger partial charge in [0.2, 0.25) is 0 Å². The van der Waals surface area contributed by atoms with E-state index in [-0.39, 0.29) is 6.04 Å². The zero-order valence-corrected chi connectivity index (χ0v) is 31.1. The van der Waals surface area contributed by atoms with E-state index < -0.39 is 0 Å². The van der Waals surface area contributed by atoms with Crippen LogP contribution in [0.5, 0.6) is 0 Å². The highest BCUT2D eigenvalue weighted by atomic mass is 15.2. The van der Waals surface area contributed by atoms with Gasteiger partial charge < -0.3 is 9.80 Å². The molecular weight excluding hydrogens is 681 g/mol. The second kappa shape index (κ2) is 15.3. The van der Waals surface area contributed by atoms with E-state index in [4.69, 9.17) is 0 Å². The quantitative estimate of drug-likeness (QED) is 0.147. The van der Waals surface area contributed by atoms with Crippen molar-refractivity contribution in [1.29, 1.82) is 10.5 Å². The zero-order valence-electron chi connectivity index (χ0n) is 31.1. The maximum Gasteiger partial charge on any atom is 0.0991 e. The molecule has 1 unspecified atom stereocenters. The van der Waals surface area contributed by atoms with Crippen molar-refractivity contribution in [3.8, 4) is 12.1 Å². The lowest BCUT2D eigenvalue weighted by molar-refractivity contribution is 0.708. The van der Waals surface area contributed by atoms with Crippen LogP contribution in [-0.2, 0) is 19.3 Å². The molecule has 9 rings (SSSR count). The lowest BCUT2D eigenvalue weighted by Crippen LogP contribution is -2.37. The van der Waals surface area contributed by atoms with Gasteiger partial charge >= 0.3 is 0 Å². The molecule has 0 spiro atoms. The zero-order chi connectivity index (χ0) is 37.8. The highest BCUT2D eigenvalue weighted by Gasteiger charge is 2.26. The number of nitriles is 2.